The second-order valence-corrected chi connectivity index (χ2v) is 10.9. The first-order valence-corrected chi connectivity index (χ1v) is 13.3. The lowest BCUT2D eigenvalue weighted by Gasteiger charge is -2.18. The van der Waals surface area contributed by atoms with E-state index in [9.17, 15) is 9.59 Å². The van der Waals surface area contributed by atoms with Gasteiger partial charge in [-0.2, -0.15) is 0 Å². The van der Waals surface area contributed by atoms with Gasteiger partial charge in [-0.15, -0.1) is 21.5 Å². The zero-order valence-electron chi connectivity index (χ0n) is 20.6. The molecule has 10 heteroatoms. The van der Waals surface area contributed by atoms with Crippen LogP contribution < -0.4 is 10.1 Å². The first-order chi connectivity index (χ1) is 16.8. The average molecular weight is 515 g/mol. The summed E-state index contributed by atoms with van der Waals surface area (Å²) in [6.07, 6.45) is 2.46. The van der Waals surface area contributed by atoms with Gasteiger partial charge in [0.1, 0.15) is 10.8 Å². The lowest BCUT2D eigenvalue weighted by atomic mass is 9.88. The molecule has 2 aromatic heterocycles. The number of methoxy groups -OCH3 is 1. The van der Waals surface area contributed by atoms with Crippen LogP contribution >= 0.6 is 23.1 Å². The first kappa shape index (κ1) is 25.2. The number of amides is 1. The molecule has 2 heterocycles. The molecule has 186 valence electrons. The van der Waals surface area contributed by atoms with Crippen LogP contribution in [0.25, 0.3) is 0 Å². The summed E-state index contributed by atoms with van der Waals surface area (Å²) in [5, 5.41) is 12.6. The number of esters is 1. The van der Waals surface area contributed by atoms with Gasteiger partial charge in [0.2, 0.25) is 5.91 Å². The maximum atomic E-state index is 12.8. The fourth-order valence-electron chi connectivity index (χ4n) is 4.13. The number of thiophene rings is 1. The molecule has 4 rings (SSSR count). The molecule has 0 saturated heterocycles. The number of hydrogen-bond donors (Lipinski definition) is 1. The molecule has 0 bridgehead atoms. The molecule has 3 aromatic rings. The number of nitrogens with one attached hydrogen (secondary N) is 1. The van der Waals surface area contributed by atoms with E-state index in [4.69, 9.17) is 9.47 Å². The van der Waals surface area contributed by atoms with Crippen LogP contribution in [0.2, 0.25) is 0 Å². The minimum absolute atomic E-state index is 0.138. The van der Waals surface area contributed by atoms with E-state index in [0.717, 1.165) is 41.0 Å². The highest BCUT2D eigenvalue weighted by Crippen LogP contribution is 2.40. The molecule has 2 unspecified atom stereocenters. The first-order valence-electron chi connectivity index (χ1n) is 11.5. The van der Waals surface area contributed by atoms with Gasteiger partial charge in [0.25, 0.3) is 0 Å². The van der Waals surface area contributed by atoms with Gasteiger partial charge in [0.05, 0.1) is 18.4 Å². The summed E-state index contributed by atoms with van der Waals surface area (Å²) >= 11 is 2.77. The number of aryl methyl sites for hydroxylation is 1. The number of benzene rings is 1. The lowest BCUT2D eigenvalue weighted by molar-refractivity contribution is -0.113. The minimum Gasteiger partial charge on any atom is -0.483 e. The number of ether oxygens (including phenoxy) is 2. The fourth-order valence-corrected chi connectivity index (χ4v) is 6.26. The van der Waals surface area contributed by atoms with Gasteiger partial charge in [-0.1, -0.05) is 36.4 Å². The van der Waals surface area contributed by atoms with Crippen LogP contribution in [0.3, 0.4) is 0 Å². The van der Waals surface area contributed by atoms with E-state index in [2.05, 4.69) is 22.4 Å². The number of nitrogens with zero attached hydrogens (tertiary/aromatic N) is 3. The lowest BCUT2D eigenvalue weighted by Crippen LogP contribution is -2.17. The highest BCUT2D eigenvalue weighted by Gasteiger charge is 2.29. The molecule has 0 fully saturated rings. The summed E-state index contributed by atoms with van der Waals surface area (Å²) in [7, 11) is 3.23. The Hall–Kier alpha value is -2.85. The molecule has 35 heavy (non-hydrogen) atoms. The Bertz CT molecular complexity index is 1220. The monoisotopic (exact) mass is 514 g/mol. The van der Waals surface area contributed by atoms with Gasteiger partial charge in [0, 0.05) is 11.9 Å². The third-order valence-electron chi connectivity index (χ3n) is 6.05. The molecule has 8 nitrogen and oxygen atoms in total. The largest absolute Gasteiger partial charge is 0.483 e. The number of carbonyl (C=O) groups is 2. The summed E-state index contributed by atoms with van der Waals surface area (Å²) in [6.45, 7) is 6.15. The maximum absolute atomic E-state index is 12.8. The molecule has 0 radical (unpaired) electrons. The SMILES string of the molecule is COC(=O)c1c(NC(=O)CSc2nnc(C(C)Oc3ccc(C)cc3)n2C)sc2c1CCC(C)C2. The quantitative estimate of drug-likeness (QED) is 0.335. The number of carbonyl (C=O) groups excluding carboxylic acids is 2. The third kappa shape index (κ3) is 5.70. The Kier molecular flexibility index (Phi) is 7.81. The second kappa shape index (κ2) is 10.8. The molecular formula is C25H30N4O4S2. The average Bonchev–Trinajstić information content (AvgIpc) is 3.37. The zero-order valence-corrected chi connectivity index (χ0v) is 22.2. The minimum atomic E-state index is -0.402. The van der Waals surface area contributed by atoms with Crippen molar-refractivity contribution in [3.05, 3.63) is 51.7 Å². The van der Waals surface area contributed by atoms with E-state index < -0.39 is 5.97 Å². The van der Waals surface area contributed by atoms with E-state index in [-0.39, 0.29) is 17.8 Å². The number of aromatic nitrogens is 3. The topological polar surface area (TPSA) is 95.3 Å². The number of rotatable bonds is 8. The summed E-state index contributed by atoms with van der Waals surface area (Å²) in [5.41, 5.74) is 2.68. The van der Waals surface area contributed by atoms with Crippen molar-refractivity contribution in [3.63, 3.8) is 0 Å². The van der Waals surface area contributed by atoms with Crippen molar-refractivity contribution in [1.82, 2.24) is 14.8 Å². The predicted octanol–water partition coefficient (Wildman–Crippen LogP) is 4.97. The van der Waals surface area contributed by atoms with Crippen molar-refractivity contribution >= 4 is 40.0 Å². The van der Waals surface area contributed by atoms with Crippen LogP contribution in [0.15, 0.2) is 29.4 Å². The Labute approximate surface area is 213 Å². The van der Waals surface area contributed by atoms with Crippen molar-refractivity contribution in [1.29, 1.82) is 0 Å². The van der Waals surface area contributed by atoms with E-state index in [1.807, 2.05) is 49.7 Å². The standard InChI is InChI=1S/C25H30N4O4S2/c1-14-6-9-17(10-7-14)33-16(3)22-27-28-25(29(22)4)34-13-20(30)26-23-21(24(31)32-5)18-11-8-15(2)12-19(18)35-23/h6-7,9-10,15-16H,8,11-13H2,1-5H3,(H,26,30). The van der Waals surface area contributed by atoms with Crippen LogP contribution in [0.1, 0.15) is 58.6 Å². The van der Waals surface area contributed by atoms with Crippen LogP contribution in [-0.4, -0.2) is 39.5 Å². The molecular weight excluding hydrogens is 484 g/mol. The molecule has 1 N–H and O–H groups in total. The van der Waals surface area contributed by atoms with Gasteiger partial charge < -0.3 is 19.4 Å². The van der Waals surface area contributed by atoms with Crippen LogP contribution in [0.4, 0.5) is 5.00 Å². The Balaban J connectivity index is 1.40. The molecule has 1 aromatic carbocycles. The fraction of sp³-hybridized carbons (Fsp3) is 0.440. The Morgan fingerprint density at radius 1 is 1.29 bits per heavy atom. The van der Waals surface area contributed by atoms with E-state index in [0.29, 0.717) is 27.5 Å². The molecule has 1 aliphatic carbocycles. The van der Waals surface area contributed by atoms with Gasteiger partial charge in [0.15, 0.2) is 17.1 Å². The third-order valence-corrected chi connectivity index (χ3v) is 8.24. The predicted molar refractivity (Wildman–Crippen MR) is 137 cm³/mol. The summed E-state index contributed by atoms with van der Waals surface area (Å²) < 4.78 is 12.8. The number of anilines is 1. The van der Waals surface area contributed by atoms with Crippen LogP contribution in [0, 0.1) is 12.8 Å². The smallest absolute Gasteiger partial charge is 0.341 e. The molecule has 1 aliphatic rings. The van der Waals surface area contributed by atoms with Crippen molar-refractivity contribution < 1.29 is 19.1 Å². The molecule has 0 aliphatic heterocycles. The van der Waals surface area contributed by atoms with E-state index >= 15 is 0 Å². The molecule has 2 atom stereocenters. The van der Waals surface area contributed by atoms with Crippen LogP contribution in [-0.2, 0) is 29.4 Å². The normalized spacial score (nSPS) is 15.9. The number of fused-ring (bicyclic) bond motifs is 1. The number of hydrogen-bond acceptors (Lipinski definition) is 8. The van der Waals surface area contributed by atoms with Gasteiger partial charge >= 0.3 is 5.97 Å². The molecule has 0 saturated carbocycles. The Morgan fingerprint density at radius 2 is 2.03 bits per heavy atom. The van der Waals surface area contributed by atoms with Crippen molar-refractivity contribution in [2.75, 3.05) is 18.2 Å². The van der Waals surface area contributed by atoms with E-state index in [1.54, 1.807) is 0 Å². The van der Waals surface area contributed by atoms with Crippen molar-refractivity contribution in [2.24, 2.45) is 13.0 Å². The van der Waals surface area contributed by atoms with Gasteiger partial charge in [-0.3, -0.25) is 4.79 Å². The summed E-state index contributed by atoms with van der Waals surface area (Å²) in [4.78, 5) is 26.4. The van der Waals surface area contributed by atoms with Gasteiger partial charge in [-0.25, -0.2) is 4.79 Å². The number of thioether (sulfide) groups is 1. The zero-order chi connectivity index (χ0) is 25.1. The maximum Gasteiger partial charge on any atom is 0.341 e. The molecule has 0 spiro atoms. The van der Waals surface area contributed by atoms with Crippen molar-refractivity contribution in [2.45, 2.75) is 51.3 Å². The van der Waals surface area contributed by atoms with Gasteiger partial charge in [-0.05, 0) is 56.7 Å². The molecule has 1 amide bonds. The summed E-state index contributed by atoms with van der Waals surface area (Å²) in [6, 6.07) is 7.84. The Morgan fingerprint density at radius 3 is 2.74 bits per heavy atom. The highest BCUT2D eigenvalue weighted by molar-refractivity contribution is 7.99. The second-order valence-electron chi connectivity index (χ2n) is 8.86. The van der Waals surface area contributed by atoms with E-state index in [1.165, 1.54) is 30.2 Å². The van der Waals surface area contributed by atoms with Crippen LogP contribution in [0.5, 0.6) is 5.75 Å². The highest BCUT2D eigenvalue weighted by atomic mass is 32.2. The summed E-state index contributed by atoms with van der Waals surface area (Å²) in [5.74, 6) is 1.52. The van der Waals surface area contributed by atoms with Crippen molar-refractivity contribution in [3.8, 4) is 5.75 Å².